The molecule has 1 unspecified atom stereocenters. The molecular formula is C29H41ClO3Si. The van der Waals surface area contributed by atoms with Gasteiger partial charge in [0.2, 0.25) is 0 Å². The summed E-state index contributed by atoms with van der Waals surface area (Å²) in [5.41, 5.74) is 3.10. The van der Waals surface area contributed by atoms with Crippen molar-refractivity contribution in [2.24, 2.45) is 0 Å². The zero-order chi connectivity index (χ0) is 24.8. The molecule has 186 valence electrons. The number of carbonyl (C=O) groups is 1. The molecule has 0 aliphatic carbocycles. The number of hydrogen-bond donors (Lipinski definition) is 0. The first-order valence-electron chi connectivity index (χ1n) is 12.7. The van der Waals surface area contributed by atoms with E-state index in [-0.39, 0.29) is 5.97 Å². The second-order valence-electron chi connectivity index (χ2n) is 10.9. The average molecular weight is 501 g/mol. The fraction of sp³-hybridized carbons (Fsp3) is 0.552. The van der Waals surface area contributed by atoms with Crippen LogP contribution in [0.5, 0.6) is 0 Å². The summed E-state index contributed by atoms with van der Waals surface area (Å²) in [6.45, 7) is 13.0. The first kappa shape index (κ1) is 27.0. The molecular weight excluding hydrogens is 460 g/mol. The summed E-state index contributed by atoms with van der Waals surface area (Å²) >= 11 is 6.06. The second-order valence-corrected chi connectivity index (χ2v) is 16.0. The summed E-state index contributed by atoms with van der Waals surface area (Å²) in [7, 11) is -1.74. The Kier molecular flexibility index (Phi) is 9.05. The van der Waals surface area contributed by atoms with Crippen LogP contribution in [-0.4, -0.2) is 27.5 Å². The molecule has 1 heterocycles. The normalized spacial score (nSPS) is 18.8. The highest BCUT2D eigenvalue weighted by Crippen LogP contribution is 2.42. The van der Waals surface area contributed by atoms with E-state index in [1.165, 1.54) is 24.0 Å². The van der Waals surface area contributed by atoms with Gasteiger partial charge in [-0.15, -0.1) is 0 Å². The van der Waals surface area contributed by atoms with Crippen LogP contribution in [0.3, 0.4) is 0 Å². The molecule has 34 heavy (non-hydrogen) atoms. The van der Waals surface area contributed by atoms with E-state index >= 15 is 0 Å². The molecule has 5 heteroatoms. The third kappa shape index (κ3) is 6.33. The molecule has 1 aliphatic rings. The van der Waals surface area contributed by atoms with Gasteiger partial charge >= 0.3 is 5.97 Å². The van der Waals surface area contributed by atoms with E-state index in [4.69, 9.17) is 20.8 Å². The van der Waals surface area contributed by atoms with Crippen molar-refractivity contribution in [2.45, 2.75) is 89.3 Å². The molecule has 3 nitrogen and oxygen atoms in total. The molecule has 2 aromatic carbocycles. The summed E-state index contributed by atoms with van der Waals surface area (Å²) in [4.78, 5) is 12.7. The van der Waals surface area contributed by atoms with Gasteiger partial charge in [0.05, 0.1) is 12.0 Å². The minimum Gasteiger partial charge on any atom is -0.465 e. The van der Waals surface area contributed by atoms with Crippen LogP contribution in [0, 0.1) is 0 Å². The molecule has 0 aromatic heterocycles. The number of benzene rings is 2. The van der Waals surface area contributed by atoms with E-state index in [1.54, 1.807) is 0 Å². The van der Waals surface area contributed by atoms with Crippen LogP contribution in [0.1, 0.15) is 69.6 Å². The van der Waals surface area contributed by atoms with Crippen molar-refractivity contribution in [2.75, 3.05) is 13.2 Å². The second kappa shape index (κ2) is 11.4. The monoisotopic (exact) mass is 500 g/mol. The highest BCUT2D eigenvalue weighted by Gasteiger charge is 2.45. The number of hydrogen-bond acceptors (Lipinski definition) is 3. The number of carbonyl (C=O) groups excluding carboxylic acids is 1. The Balaban J connectivity index is 1.52. The molecule has 0 bridgehead atoms. The van der Waals surface area contributed by atoms with Crippen LogP contribution in [0.4, 0.5) is 0 Å². The van der Waals surface area contributed by atoms with E-state index in [0.29, 0.717) is 16.7 Å². The standard InChI is InChI=1S/C29H41ClO3Si/c1-6-18-28(2,3)34(4,5)33-21-17-24-11-9-23(10-12-24)8-7-19-29(20-22-32-27(29)31)25-13-15-26(30)16-14-25/h9-16H,6-8,17-22H2,1-5H3. The van der Waals surface area contributed by atoms with E-state index in [0.717, 1.165) is 44.3 Å². The summed E-state index contributed by atoms with van der Waals surface area (Å²) in [5, 5.41) is 0.979. The van der Waals surface area contributed by atoms with Gasteiger partial charge in [0.15, 0.2) is 8.32 Å². The Bertz CT molecular complexity index is 937. The lowest BCUT2D eigenvalue weighted by Crippen LogP contribution is -2.42. The van der Waals surface area contributed by atoms with Crippen molar-refractivity contribution >= 4 is 25.9 Å². The summed E-state index contributed by atoms with van der Waals surface area (Å²) in [6, 6.07) is 16.6. The maximum atomic E-state index is 12.7. The highest BCUT2D eigenvalue weighted by molar-refractivity contribution is 6.74. The van der Waals surface area contributed by atoms with Crippen molar-refractivity contribution < 1.29 is 14.0 Å². The van der Waals surface area contributed by atoms with Gasteiger partial charge in [0, 0.05) is 18.1 Å². The average Bonchev–Trinajstić information content (AvgIpc) is 3.16. The van der Waals surface area contributed by atoms with E-state index < -0.39 is 13.7 Å². The van der Waals surface area contributed by atoms with Gasteiger partial charge < -0.3 is 9.16 Å². The van der Waals surface area contributed by atoms with Crippen molar-refractivity contribution in [3.63, 3.8) is 0 Å². The van der Waals surface area contributed by atoms with Gasteiger partial charge in [0.25, 0.3) is 0 Å². The van der Waals surface area contributed by atoms with Gasteiger partial charge in [-0.1, -0.05) is 75.2 Å². The zero-order valence-corrected chi connectivity index (χ0v) is 23.3. The molecule has 0 amide bonds. The van der Waals surface area contributed by atoms with E-state index in [9.17, 15) is 4.79 Å². The fourth-order valence-corrected chi connectivity index (χ4v) is 6.95. The van der Waals surface area contributed by atoms with Gasteiger partial charge in [-0.3, -0.25) is 4.79 Å². The Labute approximate surface area is 212 Å². The maximum Gasteiger partial charge on any atom is 0.316 e. The number of esters is 1. The smallest absolute Gasteiger partial charge is 0.316 e. The van der Waals surface area contributed by atoms with Gasteiger partial charge in [-0.2, -0.15) is 0 Å². The lowest BCUT2D eigenvalue weighted by atomic mass is 9.75. The summed E-state index contributed by atoms with van der Waals surface area (Å²) in [5.74, 6) is -0.0984. The first-order valence-corrected chi connectivity index (χ1v) is 16.0. The van der Waals surface area contributed by atoms with Crippen LogP contribution >= 0.6 is 11.6 Å². The predicted molar refractivity (Wildman–Crippen MR) is 144 cm³/mol. The van der Waals surface area contributed by atoms with Crippen LogP contribution in [0.25, 0.3) is 0 Å². The molecule has 1 saturated heterocycles. The number of ether oxygens (including phenoxy) is 1. The van der Waals surface area contributed by atoms with Crippen molar-refractivity contribution in [1.29, 1.82) is 0 Å². The highest BCUT2D eigenvalue weighted by atomic mass is 35.5. The van der Waals surface area contributed by atoms with Crippen LogP contribution in [0.2, 0.25) is 23.2 Å². The summed E-state index contributed by atoms with van der Waals surface area (Å²) < 4.78 is 11.8. The lowest BCUT2D eigenvalue weighted by molar-refractivity contribution is -0.143. The molecule has 0 spiro atoms. The molecule has 0 radical (unpaired) electrons. The van der Waals surface area contributed by atoms with Crippen LogP contribution < -0.4 is 0 Å². The third-order valence-electron chi connectivity index (χ3n) is 8.00. The lowest BCUT2D eigenvalue weighted by Gasteiger charge is -2.39. The zero-order valence-electron chi connectivity index (χ0n) is 21.6. The Morgan fingerprint density at radius 1 is 1.03 bits per heavy atom. The third-order valence-corrected chi connectivity index (χ3v) is 12.7. The Morgan fingerprint density at radius 2 is 1.65 bits per heavy atom. The number of cyclic esters (lactones) is 1. The first-order chi connectivity index (χ1) is 16.1. The molecule has 0 N–H and O–H groups in total. The summed E-state index contributed by atoms with van der Waals surface area (Å²) in [6.07, 6.45) is 6.78. The quantitative estimate of drug-likeness (QED) is 0.219. The maximum absolute atomic E-state index is 12.7. The topological polar surface area (TPSA) is 35.5 Å². The number of rotatable bonds is 12. The van der Waals surface area contributed by atoms with Crippen molar-refractivity contribution in [3.8, 4) is 0 Å². The van der Waals surface area contributed by atoms with Crippen molar-refractivity contribution in [1.82, 2.24) is 0 Å². The predicted octanol–water partition coefficient (Wildman–Crippen LogP) is 7.89. The molecule has 0 saturated carbocycles. The van der Waals surface area contributed by atoms with Gasteiger partial charge in [0.1, 0.15) is 0 Å². The largest absolute Gasteiger partial charge is 0.465 e. The number of aryl methyl sites for hydroxylation is 1. The number of halogens is 1. The molecule has 1 aliphatic heterocycles. The van der Waals surface area contributed by atoms with Crippen molar-refractivity contribution in [3.05, 3.63) is 70.2 Å². The van der Waals surface area contributed by atoms with Gasteiger partial charge in [-0.05, 0) is 79.1 Å². The van der Waals surface area contributed by atoms with E-state index in [2.05, 4.69) is 58.1 Å². The fourth-order valence-electron chi connectivity index (χ4n) is 4.97. The minimum atomic E-state index is -1.74. The molecule has 1 atom stereocenters. The van der Waals surface area contributed by atoms with E-state index in [1.807, 2.05) is 24.3 Å². The molecule has 2 aromatic rings. The molecule has 1 fully saturated rings. The minimum absolute atomic E-state index is 0.0984. The molecule has 3 rings (SSSR count). The Morgan fingerprint density at radius 3 is 2.21 bits per heavy atom. The van der Waals surface area contributed by atoms with Gasteiger partial charge in [-0.25, -0.2) is 0 Å². The SMILES string of the molecule is CCCC(C)(C)[Si](C)(C)OCCc1ccc(CCCC2(c3ccc(Cl)cc3)CCOC2=O)cc1. The Hall–Kier alpha value is -1.62. The van der Waals surface area contributed by atoms with Crippen LogP contribution in [0.15, 0.2) is 48.5 Å². The van der Waals surface area contributed by atoms with Crippen LogP contribution in [-0.2, 0) is 32.2 Å².